The Balaban J connectivity index is 1.23. The van der Waals surface area contributed by atoms with Gasteiger partial charge in [0, 0.05) is 18.0 Å². The Hall–Kier alpha value is -4.14. The highest BCUT2D eigenvalue weighted by atomic mass is 32.2. The summed E-state index contributed by atoms with van der Waals surface area (Å²) in [6.07, 6.45) is 9.16. The molecule has 15 heteroatoms. The molecule has 2 saturated heterocycles. The Morgan fingerprint density at radius 1 is 1.04 bits per heavy atom. The first kappa shape index (κ1) is 37.2. The fourth-order valence-electron chi connectivity index (χ4n) is 8.23. The summed E-state index contributed by atoms with van der Waals surface area (Å²) in [6.45, 7) is 2.23. The molecule has 2 aliphatic carbocycles. The standard InChI is InChI=1S/C38H51N5O9S/c1-23-9-8-10-25-17-29-24(18-32(25)50-2)15-16-39-34(29)52-27-19-31-33(44)41-38(36(46)42-53(48,49)28-13-14-28)20-26(38)11-6-4-3-5-7-12-30(35(45)43(31)21-27)40-37(47)51-22-23/h15-18,23,26-28,30-31H,3-14,19-22H2,1-2H3,(H,40,47)(H,41,44)(H,42,46)/t23-,26+,27-,30+,31+,38-/m1/s1. The van der Waals surface area contributed by atoms with E-state index < -0.39 is 62.8 Å². The number of amides is 4. The van der Waals surface area contributed by atoms with Crippen LogP contribution in [0.25, 0.3) is 10.8 Å². The molecule has 1 aromatic carbocycles. The van der Waals surface area contributed by atoms with Gasteiger partial charge in [-0.3, -0.25) is 19.1 Å². The monoisotopic (exact) mass is 753 g/mol. The van der Waals surface area contributed by atoms with Crippen LogP contribution in [0.5, 0.6) is 11.6 Å². The number of aromatic nitrogens is 1. The third kappa shape index (κ3) is 8.19. The number of carbonyl (C=O) groups excluding carboxylic acids is 4. The number of nitrogens with zero attached hydrogens (tertiary/aromatic N) is 2. The van der Waals surface area contributed by atoms with Crippen molar-refractivity contribution >= 4 is 44.6 Å². The van der Waals surface area contributed by atoms with Crippen molar-refractivity contribution < 1.29 is 41.8 Å². The molecule has 288 valence electrons. The van der Waals surface area contributed by atoms with E-state index in [0.29, 0.717) is 44.4 Å². The molecule has 5 aliphatic rings. The third-order valence-electron chi connectivity index (χ3n) is 11.6. The van der Waals surface area contributed by atoms with Crippen LogP contribution in [0.4, 0.5) is 4.79 Å². The van der Waals surface area contributed by atoms with Crippen LogP contribution in [0, 0.1) is 11.8 Å². The largest absolute Gasteiger partial charge is 0.496 e. The second kappa shape index (κ2) is 15.3. The van der Waals surface area contributed by atoms with Gasteiger partial charge >= 0.3 is 6.09 Å². The molecule has 1 aromatic heterocycles. The lowest BCUT2D eigenvalue weighted by molar-refractivity contribution is -0.141. The van der Waals surface area contributed by atoms with E-state index in [4.69, 9.17) is 14.2 Å². The predicted molar refractivity (Wildman–Crippen MR) is 195 cm³/mol. The third-order valence-corrected chi connectivity index (χ3v) is 13.4. The summed E-state index contributed by atoms with van der Waals surface area (Å²) in [4.78, 5) is 61.8. The van der Waals surface area contributed by atoms with Crippen LogP contribution in [0.3, 0.4) is 0 Å². The average Bonchev–Trinajstić information content (AvgIpc) is 4.06. The van der Waals surface area contributed by atoms with Crippen molar-refractivity contribution in [2.24, 2.45) is 11.8 Å². The topological polar surface area (TPSA) is 182 Å². The SMILES string of the molecule is COc1cc2ccnc3c2cc1CCC[C@@H](C)COC(=O)N[C@H]1CCCCCCC[C@H]2C[C@@]2(C(=O)NS(=O)(=O)C2CC2)NC(=O)[C@@H]2C[C@H](CN2C1=O)O3. The minimum atomic E-state index is -3.86. The summed E-state index contributed by atoms with van der Waals surface area (Å²) >= 11 is 0. The fourth-order valence-corrected chi connectivity index (χ4v) is 9.60. The number of ether oxygens (including phenoxy) is 3. The summed E-state index contributed by atoms with van der Waals surface area (Å²) in [5.74, 6) is -0.800. The van der Waals surface area contributed by atoms with Gasteiger partial charge in [-0.2, -0.15) is 0 Å². The number of sulfonamides is 1. The van der Waals surface area contributed by atoms with Crippen LogP contribution in [0.1, 0.15) is 96.0 Å². The lowest BCUT2D eigenvalue weighted by atomic mass is 9.99. The zero-order chi connectivity index (χ0) is 37.3. The number of rotatable bonds is 4. The van der Waals surface area contributed by atoms with E-state index in [1.54, 1.807) is 13.3 Å². The van der Waals surface area contributed by atoms with Crippen molar-refractivity contribution in [1.29, 1.82) is 0 Å². The Labute approximate surface area is 310 Å². The maximum Gasteiger partial charge on any atom is 0.407 e. The average molecular weight is 754 g/mol. The van der Waals surface area contributed by atoms with Gasteiger partial charge in [0.05, 0.1) is 25.5 Å². The van der Waals surface area contributed by atoms with Crippen molar-refractivity contribution in [3.63, 3.8) is 0 Å². The van der Waals surface area contributed by atoms with Crippen molar-refractivity contribution in [2.45, 2.75) is 126 Å². The highest BCUT2D eigenvalue weighted by Gasteiger charge is 2.62. The molecule has 53 heavy (non-hydrogen) atoms. The van der Waals surface area contributed by atoms with E-state index in [1.165, 1.54) is 4.90 Å². The Kier molecular flexibility index (Phi) is 10.7. The molecule has 2 saturated carbocycles. The molecule has 3 N–H and O–H groups in total. The number of fused-ring (bicyclic) bond motifs is 4. The molecule has 14 nitrogen and oxygen atoms in total. The van der Waals surface area contributed by atoms with Gasteiger partial charge in [0.2, 0.25) is 27.7 Å². The summed E-state index contributed by atoms with van der Waals surface area (Å²) in [7, 11) is -2.22. The van der Waals surface area contributed by atoms with E-state index in [9.17, 15) is 27.6 Å². The minimum Gasteiger partial charge on any atom is -0.496 e. The van der Waals surface area contributed by atoms with Gasteiger partial charge in [-0.15, -0.1) is 0 Å². The second-order valence-corrected chi connectivity index (χ2v) is 17.6. The fraction of sp³-hybridized carbons (Fsp3) is 0.658. The molecule has 0 unspecified atom stereocenters. The van der Waals surface area contributed by atoms with Gasteiger partial charge in [0.15, 0.2) is 0 Å². The Morgan fingerprint density at radius 2 is 1.81 bits per heavy atom. The first-order chi connectivity index (χ1) is 25.5. The first-order valence-electron chi connectivity index (χ1n) is 19.2. The van der Waals surface area contributed by atoms with Gasteiger partial charge in [-0.1, -0.05) is 39.0 Å². The minimum absolute atomic E-state index is 0.0287. The summed E-state index contributed by atoms with van der Waals surface area (Å²) in [6, 6.07) is 3.84. The van der Waals surface area contributed by atoms with Crippen LogP contribution in [-0.4, -0.2) is 91.4 Å². The quantitative estimate of drug-likeness (QED) is 0.415. The van der Waals surface area contributed by atoms with Crippen LogP contribution < -0.4 is 24.8 Å². The number of aryl methyl sites for hydroxylation is 1. The highest BCUT2D eigenvalue weighted by molar-refractivity contribution is 7.91. The van der Waals surface area contributed by atoms with E-state index in [2.05, 4.69) is 20.3 Å². The van der Waals surface area contributed by atoms with Gasteiger partial charge < -0.3 is 29.7 Å². The molecule has 4 fully saturated rings. The summed E-state index contributed by atoms with van der Waals surface area (Å²) in [5, 5.41) is 6.79. The number of benzene rings is 1. The molecule has 6 atom stereocenters. The smallest absolute Gasteiger partial charge is 0.407 e. The predicted octanol–water partition coefficient (Wildman–Crippen LogP) is 3.89. The number of hydrogen-bond acceptors (Lipinski definition) is 10. The summed E-state index contributed by atoms with van der Waals surface area (Å²) in [5.41, 5.74) is -0.420. The Bertz CT molecular complexity index is 1850. The number of hydrogen-bond donors (Lipinski definition) is 3. The number of nitrogens with one attached hydrogen (secondary N) is 3. The first-order valence-corrected chi connectivity index (χ1v) is 20.8. The van der Waals surface area contributed by atoms with Crippen molar-refractivity contribution in [3.8, 4) is 11.6 Å². The van der Waals surface area contributed by atoms with E-state index in [-0.39, 0.29) is 31.4 Å². The van der Waals surface area contributed by atoms with Crippen LogP contribution in [-0.2, 0) is 35.6 Å². The van der Waals surface area contributed by atoms with Gasteiger partial charge in [-0.05, 0) is 92.4 Å². The van der Waals surface area contributed by atoms with Gasteiger partial charge in [0.1, 0.15) is 29.5 Å². The highest BCUT2D eigenvalue weighted by Crippen LogP contribution is 2.48. The number of pyridine rings is 1. The number of carbonyl (C=O) groups is 4. The molecule has 3 aliphatic heterocycles. The van der Waals surface area contributed by atoms with Crippen molar-refractivity contribution in [1.82, 2.24) is 25.2 Å². The maximum atomic E-state index is 14.5. The molecular weight excluding hydrogens is 703 g/mol. The van der Waals surface area contributed by atoms with Crippen molar-refractivity contribution in [3.05, 3.63) is 30.0 Å². The van der Waals surface area contributed by atoms with Gasteiger partial charge in [-0.25, -0.2) is 18.2 Å². The molecule has 2 aromatic rings. The number of methoxy groups -OCH3 is 1. The zero-order valence-corrected chi connectivity index (χ0v) is 31.4. The normalized spacial score (nSPS) is 30.3. The van der Waals surface area contributed by atoms with E-state index in [1.807, 2.05) is 25.1 Å². The van der Waals surface area contributed by atoms with Crippen molar-refractivity contribution in [2.75, 3.05) is 20.3 Å². The molecular formula is C38H51N5O9S. The van der Waals surface area contributed by atoms with E-state index in [0.717, 1.165) is 67.0 Å². The second-order valence-electron chi connectivity index (χ2n) is 15.7. The molecule has 7 rings (SSSR count). The van der Waals surface area contributed by atoms with Crippen LogP contribution >= 0.6 is 0 Å². The zero-order valence-electron chi connectivity index (χ0n) is 30.6. The molecule has 4 amide bonds. The maximum absolute atomic E-state index is 14.5. The Morgan fingerprint density at radius 3 is 2.58 bits per heavy atom. The molecule has 5 bridgehead atoms. The van der Waals surface area contributed by atoms with Crippen LogP contribution in [0.15, 0.2) is 24.4 Å². The van der Waals surface area contributed by atoms with E-state index >= 15 is 0 Å². The number of cyclic esters (lactones) is 1. The van der Waals surface area contributed by atoms with Crippen LogP contribution in [0.2, 0.25) is 0 Å². The lowest BCUT2D eigenvalue weighted by Gasteiger charge is -2.30. The molecule has 0 radical (unpaired) electrons. The van der Waals surface area contributed by atoms with Gasteiger partial charge in [0.25, 0.3) is 5.91 Å². The molecule has 0 spiro atoms. The lowest BCUT2D eigenvalue weighted by Crippen LogP contribution is -2.58. The number of alkyl carbamates (subject to hydrolysis) is 1. The summed E-state index contributed by atoms with van der Waals surface area (Å²) < 4.78 is 45.8. The molecule has 4 heterocycles.